The van der Waals surface area contributed by atoms with Gasteiger partial charge in [0.2, 0.25) is 0 Å². The molecule has 0 bridgehead atoms. The molecular formula is C15H14ClN3O3S. The highest BCUT2D eigenvalue weighted by atomic mass is 35.5. The zero-order valence-electron chi connectivity index (χ0n) is 12.4. The van der Waals surface area contributed by atoms with Crippen LogP contribution in [0.4, 0.5) is 5.69 Å². The quantitative estimate of drug-likeness (QED) is 0.749. The lowest BCUT2D eigenvalue weighted by Crippen LogP contribution is -2.13. The van der Waals surface area contributed by atoms with Crippen LogP contribution >= 0.6 is 11.6 Å². The Bertz CT molecular complexity index is 947. The smallest absolute Gasteiger partial charge is 0.265 e. The average Bonchev–Trinajstić information content (AvgIpc) is 3.11. The van der Waals surface area contributed by atoms with Gasteiger partial charge in [0.25, 0.3) is 10.0 Å². The number of halogens is 1. The van der Waals surface area contributed by atoms with Crippen molar-refractivity contribution in [2.45, 2.75) is 18.7 Å². The predicted molar refractivity (Wildman–Crippen MR) is 88.0 cm³/mol. The molecule has 0 amide bonds. The number of anilines is 1. The molecule has 0 radical (unpaired) electrons. The molecule has 8 heteroatoms. The van der Waals surface area contributed by atoms with Crippen molar-refractivity contribution in [2.24, 2.45) is 0 Å². The van der Waals surface area contributed by atoms with E-state index in [9.17, 15) is 8.42 Å². The van der Waals surface area contributed by atoms with E-state index in [-0.39, 0.29) is 10.7 Å². The Hall–Kier alpha value is -2.25. The van der Waals surface area contributed by atoms with Crippen LogP contribution in [0.2, 0.25) is 5.02 Å². The Balaban J connectivity index is 1.98. The van der Waals surface area contributed by atoms with E-state index < -0.39 is 10.0 Å². The molecule has 3 rings (SSSR count). The van der Waals surface area contributed by atoms with Gasteiger partial charge in [0.1, 0.15) is 16.3 Å². The summed E-state index contributed by atoms with van der Waals surface area (Å²) in [6.07, 6.45) is 1.56. The van der Waals surface area contributed by atoms with Crippen LogP contribution in [-0.4, -0.2) is 18.6 Å². The maximum atomic E-state index is 12.6. The van der Waals surface area contributed by atoms with Crippen LogP contribution in [0.25, 0.3) is 11.5 Å². The van der Waals surface area contributed by atoms with Gasteiger partial charge in [-0.1, -0.05) is 17.7 Å². The minimum atomic E-state index is -3.82. The minimum Gasteiger partial charge on any atom is -0.458 e. The van der Waals surface area contributed by atoms with Crippen molar-refractivity contribution in [2.75, 3.05) is 4.72 Å². The van der Waals surface area contributed by atoms with E-state index in [4.69, 9.17) is 16.0 Å². The van der Waals surface area contributed by atoms with Gasteiger partial charge in [-0.05, 0) is 37.6 Å². The standard InChI is InChI=1S/C15H14ClN3O3S/c1-9-3-4-11(16)13(7-9)19-23(20,21)15-8-14(22-10(15)2)12-5-6-17-18-12/h3-8,19H,1-2H3,(H,17,18). The van der Waals surface area contributed by atoms with Gasteiger partial charge in [0.05, 0.1) is 10.7 Å². The molecule has 2 N–H and O–H groups in total. The lowest BCUT2D eigenvalue weighted by atomic mass is 10.2. The normalized spacial score (nSPS) is 11.6. The van der Waals surface area contributed by atoms with Crippen LogP contribution in [0.5, 0.6) is 0 Å². The van der Waals surface area contributed by atoms with E-state index in [0.29, 0.717) is 22.2 Å². The molecule has 1 aromatic carbocycles. The monoisotopic (exact) mass is 351 g/mol. The summed E-state index contributed by atoms with van der Waals surface area (Å²) in [5, 5.41) is 6.88. The Kier molecular flexibility index (Phi) is 3.91. The third kappa shape index (κ3) is 3.11. The average molecular weight is 352 g/mol. The van der Waals surface area contributed by atoms with Gasteiger partial charge >= 0.3 is 0 Å². The first kappa shape index (κ1) is 15.6. The van der Waals surface area contributed by atoms with Crippen LogP contribution in [0.15, 0.2) is 45.8 Å². The van der Waals surface area contributed by atoms with Gasteiger partial charge in [-0.2, -0.15) is 5.10 Å². The molecule has 0 spiro atoms. The van der Waals surface area contributed by atoms with E-state index >= 15 is 0 Å². The molecule has 0 unspecified atom stereocenters. The van der Waals surface area contributed by atoms with Crippen molar-refractivity contribution in [1.82, 2.24) is 10.2 Å². The molecule has 0 fully saturated rings. The number of furan rings is 1. The van der Waals surface area contributed by atoms with Crippen molar-refractivity contribution in [3.63, 3.8) is 0 Å². The van der Waals surface area contributed by atoms with Gasteiger partial charge in [-0.25, -0.2) is 8.42 Å². The van der Waals surface area contributed by atoms with E-state index in [1.54, 1.807) is 37.4 Å². The number of aromatic nitrogens is 2. The zero-order chi connectivity index (χ0) is 16.6. The van der Waals surface area contributed by atoms with Gasteiger partial charge < -0.3 is 4.42 Å². The molecule has 120 valence electrons. The second-order valence-corrected chi connectivity index (χ2v) is 7.15. The molecule has 0 aliphatic heterocycles. The molecule has 0 saturated carbocycles. The topological polar surface area (TPSA) is 88.0 Å². The lowest BCUT2D eigenvalue weighted by molar-refractivity contribution is 0.534. The largest absolute Gasteiger partial charge is 0.458 e. The van der Waals surface area contributed by atoms with Gasteiger partial charge in [-0.15, -0.1) is 0 Å². The van der Waals surface area contributed by atoms with Crippen LogP contribution < -0.4 is 4.72 Å². The summed E-state index contributed by atoms with van der Waals surface area (Å²) in [6, 6.07) is 8.27. The van der Waals surface area contributed by atoms with Gasteiger partial charge in [0, 0.05) is 12.3 Å². The highest BCUT2D eigenvalue weighted by Crippen LogP contribution is 2.30. The summed E-state index contributed by atoms with van der Waals surface area (Å²) in [6.45, 7) is 3.44. The summed E-state index contributed by atoms with van der Waals surface area (Å²) < 4.78 is 33.2. The van der Waals surface area contributed by atoms with Crippen molar-refractivity contribution in [3.05, 3.63) is 52.9 Å². The molecular weight excluding hydrogens is 338 g/mol. The fourth-order valence-corrected chi connectivity index (χ4v) is 3.65. The number of sulfonamides is 1. The Morgan fingerprint density at radius 1 is 1.22 bits per heavy atom. The number of rotatable bonds is 4. The highest BCUT2D eigenvalue weighted by molar-refractivity contribution is 7.92. The lowest BCUT2D eigenvalue weighted by Gasteiger charge is -2.09. The summed E-state index contributed by atoms with van der Waals surface area (Å²) >= 11 is 6.05. The van der Waals surface area contributed by atoms with Crippen LogP contribution in [0, 0.1) is 13.8 Å². The van der Waals surface area contributed by atoms with Gasteiger partial charge in [0.15, 0.2) is 5.76 Å². The first-order valence-electron chi connectivity index (χ1n) is 6.76. The maximum Gasteiger partial charge on any atom is 0.265 e. The van der Waals surface area contributed by atoms with Crippen LogP contribution in [-0.2, 0) is 10.0 Å². The number of nitrogens with one attached hydrogen (secondary N) is 2. The SMILES string of the molecule is Cc1ccc(Cl)c(NS(=O)(=O)c2cc(-c3ccn[nH]3)oc2C)c1. The van der Waals surface area contributed by atoms with E-state index in [0.717, 1.165) is 5.56 Å². The van der Waals surface area contributed by atoms with Crippen molar-refractivity contribution in [3.8, 4) is 11.5 Å². The highest BCUT2D eigenvalue weighted by Gasteiger charge is 2.23. The fraction of sp³-hybridized carbons (Fsp3) is 0.133. The van der Waals surface area contributed by atoms with Crippen LogP contribution in [0.1, 0.15) is 11.3 Å². The summed E-state index contributed by atoms with van der Waals surface area (Å²) in [7, 11) is -3.82. The first-order chi connectivity index (χ1) is 10.9. The third-order valence-corrected chi connectivity index (χ3v) is 5.10. The second-order valence-electron chi connectivity index (χ2n) is 5.09. The number of hydrogen-bond donors (Lipinski definition) is 2. The zero-order valence-corrected chi connectivity index (χ0v) is 14.0. The summed E-state index contributed by atoms with van der Waals surface area (Å²) in [4.78, 5) is 0.0553. The Labute approximate surface area is 138 Å². The Morgan fingerprint density at radius 2 is 2.00 bits per heavy atom. The number of benzene rings is 1. The molecule has 0 atom stereocenters. The molecule has 0 saturated heterocycles. The molecule has 6 nitrogen and oxygen atoms in total. The summed E-state index contributed by atoms with van der Waals surface area (Å²) in [5.41, 5.74) is 1.83. The number of H-pyrrole nitrogens is 1. The fourth-order valence-electron chi connectivity index (χ4n) is 2.18. The number of hydrogen-bond acceptors (Lipinski definition) is 4. The second kappa shape index (κ2) is 5.75. The van der Waals surface area contributed by atoms with E-state index in [2.05, 4.69) is 14.9 Å². The van der Waals surface area contributed by atoms with Crippen LogP contribution in [0.3, 0.4) is 0 Å². The van der Waals surface area contributed by atoms with Crippen molar-refractivity contribution >= 4 is 27.3 Å². The molecule has 0 aliphatic rings. The molecule has 2 heterocycles. The number of aromatic amines is 1. The van der Waals surface area contributed by atoms with Crippen molar-refractivity contribution < 1.29 is 12.8 Å². The van der Waals surface area contributed by atoms with Crippen molar-refractivity contribution in [1.29, 1.82) is 0 Å². The molecule has 2 aromatic heterocycles. The minimum absolute atomic E-state index is 0.0553. The maximum absolute atomic E-state index is 12.6. The molecule has 23 heavy (non-hydrogen) atoms. The Morgan fingerprint density at radius 3 is 2.70 bits per heavy atom. The summed E-state index contributed by atoms with van der Waals surface area (Å²) in [5.74, 6) is 0.682. The van der Waals surface area contributed by atoms with E-state index in [1.807, 2.05) is 6.92 Å². The molecule has 3 aromatic rings. The molecule has 0 aliphatic carbocycles. The predicted octanol–water partition coefficient (Wildman–Crippen LogP) is 3.74. The number of aryl methyl sites for hydroxylation is 2. The van der Waals surface area contributed by atoms with E-state index in [1.165, 1.54) is 6.07 Å². The third-order valence-electron chi connectivity index (χ3n) is 3.29. The first-order valence-corrected chi connectivity index (χ1v) is 8.62. The van der Waals surface area contributed by atoms with Gasteiger partial charge in [-0.3, -0.25) is 9.82 Å². The number of nitrogens with zero attached hydrogens (tertiary/aromatic N) is 1.